The Bertz CT molecular complexity index is 868. The van der Waals surface area contributed by atoms with E-state index in [1.165, 1.54) is 23.4 Å². The molecule has 0 fully saturated rings. The molecule has 8 heteroatoms. The first-order chi connectivity index (χ1) is 12.0. The first kappa shape index (κ1) is 16.9. The molecule has 3 aromatic rings. The highest BCUT2D eigenvalue weighted by Gasteiger charge is 2.41. The maximum Gasteiger partial charge on any atom is 0.342 e. The molecule has 2 N–H and O–H groups in total. The van der Waals surface area contributed by atoms with Gasteiger partial charge in [-0.1, -0.05) is 29.8 Å². The fourth-order valence-electron chi connectivity index (χ4n) is 2.34. The third kappa shape index (κ3) is 3.62. The maximum atomic E-state index is 11.8. The predicted octanol–water partition coefficient (Wildman–Crippen LogP) is 2.70. The largest absolute Gasteiger partial charge is 0.479 e. The van der Waals surface area contributed by atoms with Crippen molar-refractivity contribution in [2.75, 3.05) is 0 Å². The molecule has 25 heavy (non-hydrogen) atoms. The lowest BCUT2D eigenvalue weighted by atomic mass is 9.93. The average Bonchev–Trinajstić information content (AvgIpc) is 3.10. The minimum absolute atomic E-state index is 0.105. The summed E-state index contributed by atoms with van der Waals surface area (Å²) in [5.74, 6) is -0.740. The van der Waals surface area contributed by atoms with Crippen LogP contribution in [0.25, 0.3) is 0 Å². The first-order valence-corrected chi connectivity index (χ1v) is 7.68. The number of carboxylic acids is 1. The molecule has 7 nitrogen and oxygen atoms in total. The van der Waals surface area contributed by atoms with Gasteiger partial charge in [0.2, 0.25) is 5.60 Å². The molecule has 0 amide bonds. The lowest BCUT2D eigenvalue weighted by molar-refractivity contribution is -0.161. The summed E-state index contributed by atoms with van der Waals surface area (Å²) in [5, 5.41) is 24.9. The zero-order chi connectivity index (χ0) is 17.9. The van der Waals surface area contributed by atoms with Crippen LogP contribution in [0.3, 0.4) is 0 Å². The topological polar surface area (TPSA) is 97.5 Å². The number of halogens is 1. The van der Waals surface area contributed by atoms with E-state index in [0.717, 1.165) is 0 Å². The molecule has 1 aromatic heterocycles. The van der Waals surface area contributed by atoms with Crippen LogP contribution >= 0.6 is 11.6 Å². The summed E-state index contributed by atoms with van der Waals surface area (Å²) >= 11 is 5.85. The second kappa shape index (κ2) is 6.92. The lowest BCUT2D eigenvalue weighted by Gasteiger charge is -2.25. The molecular weight excluding hydrogens is 346 g/mol. The summed E-state index contributed by atoms with van der Waals surface area (Å²) in [4.78, 5) is 15.6. The van der Waals surface area contributed by atoms with Gasteiger partial charge in [0.1, 0.15) is 24.2 Å². The Labute approximate surface area is 148 Å². The van der Waals surface area contributed by atoms with Gasteiger partial charge >= 0.3 is 5.97 Å². The minimum atomic E-state index is -2.24. The highest BCUT2D eigenvalue weighted by Crippen LogP contribution is 2.34. The van der Waals surface area contributed by atoms with Crippen molar-refractivity contribution in [2.24, 2.45) is 0 Å². The van der Waals surface area contributed by atoms with E-state index in [1.807, 2.05) is 0 Å². The summed E-state index contributed by atoms with van der Waals surface area (Å²) in [6, 6.07) is 13.0. The Hall–Kier alpha value is -2.90. The SMILES string of the molecule is O=C(O)C(O)(Cn1cncn1)c1ccccc1Oc1ccc(Cl)cc1. The fourth-order valence-corrected chi connectivity index (χ4v) is 2.47. The van der Waals surface area contributed by atoms with E-state index in [-0.39, 0.29) is 17.9 Å². The molecule has 0 saturated heterocycles. The zero-order valence-electron chi connectivity index (χ0n) is 12.9. The Kier molecular flexibility index (Phi) is 4.69. The Morgan fingerprint density at radius 2 is 1.92 bits per heavy atom. The van der Waals surface area contributed by atoms with Crippen molar-refractivity contribution in [3.05, 3.63) is 71.8 Å². The highest BCUT2D eigenvalue weighted by atomic mass is 35.5. The number of carboxylic acid groups (broad SMARTS) is 1. The van der Waals surface area contributed by atoms with Crippen molar-refractivity contribution >= 4 is 17.6 Å². The van der Waals surface area contributed by atoms with Gasteiger partial charge in [0.05, 0.1) is 6.54 Å². The number of nitrogens with zero attached hydrogens (tertiary/aromatic N) is 3. The number of benzene rings is 2. The van der Waals surface area contributed by atoms with E-state index < -0.39 is 11.6 Å². The monoisotopic (exact) mass is 359 g/mol. The third-order valence-corrected chi connectivity index (χ3v) is 3.84. The molecule has 0 spiro atoms. The van der Waals surface area contributed by atoms with Crippen LogP contribution in [0.1, 0.15) is 5.56 Å². The van der Waals surface area contributed by atoms with Crippen LogP contribution in [0.4, 0.5) is 0 Å². The second-order valence-electron chi connectivity index (χ2n) is 5.31. The van der Waals surface area contributed by atoms with Crippen LogP contribution in [0, 0.1) is 0 Å². The molecule has 2 aromatic carbocycles. The predicted molar refractivity (Wildman–Crippen MR) is 89.5 cm³/mol. The number of rotatable bonds is 6. The van der Waals surface area contributed by atoms with Crippen LogP contribution in [0.5, 0.6) is 11.5 Å². The number of aromatic nitrogens is 3. The van der Waals surface area contributed by atoms with Crippen molar-refractivity contribution < 1.29 is 19.7 Å². The Morgan fingerprint density at radius 3 is 2.56 bits per heavy atom. The van der Waals surface area contributed by atoms with Crippen LogP contribution in [0.15, 0.2) is 61.2 Å². The van der Waals surface area contributed by atoms with Crippen LogP contribution in [0.2, 0.25) is 5.02 Å². The maximum absolute atomic E-state index is 11.8. The van der Waals surface area contributed by atoms with Gasteiger partial charge in [-0.3, -0.25) is 0 Å². The molecule has 1 unspecified atom stereocenters. The number of carbonyl (C=O) groups is 1. The van der Waals surface area contributed by atoms with E-state index in [4.69, 9.17) is 16.3 Å². The average molecular weight is 360 g/mol. The molecule has 3 rings (SSSR count). The number of hydrogen-bond donors (Lipinski definition) is 2. The van der Waals surface area contributed by atoms with Crippen LogP contribution < -0.4 is 4.74 Å². The second-order valence-corrected chi connectivity index (χ2v) is 5.75. The van der Waals surface area contributed by atoms with Gasteiger partial charge in [0, 0.05) is 10.6 Å². The van der Waals surface area contributed by atoms with Crippen molar-refractivity contribution in [3.8, 4) is 11.5 Å². The van der Waals surface area contributed by atoms with E-state index in [2.05, 4.69) is 10.1 Å². The molecule has 1 atom stereocenters. The molecule has 0 aliphatic heterocycles. The zero-order valence-corrected chi connectivity index (χ0v) is 13.7. The molecule has 128 valence electrons. The van der Waals surface area contributed by atoms with E-state index in [1.54, 1.807) is 42.5 Å². The lowest BCUT2D eigenvalue weighted by Crippen LogP contribution is -2.40. The number of aliphatic hydroxyl groups is 1. The third-order valence-electron chi connectivity index (χ3n) is 3.59. The van der Waals surface area contributed by atoms with E-state index in [0.29, 0.717) is 10.8 Å². The number of para-hydroxylation sites is 1. The quantitative estimate of drug-likeness (QED) is 0.702. The molecule has 1 heterocycles. The smallest absolute Gasteiger partial charge is 0.342 e. The highest BCUT2D eigenvalue weighted by molar-refractivity contribution is 6.30. The van der Waals surface area contributed by atoms with Crippen molar-refractivity contribution in [1.82, 2.24) is 14.8 Å². The normalized spacial score (nSPS) is 13.2. The van der Waals surface area contributed by atoms with E-state index in [9.17, 15) is 15.0 Å². The van der Waals surface area contributed by atoms with Gasteiger partial charge in [0.15, 0.2) is 0 Å². The Morgan fingerprint density at radius 1 is 1.20 bits per heavy atom. The number of ether oxygens (including phenoxy) is 1. The summed E-state index contributed by atoms with van der Waals surface area (Å²) in [6.45, 7) is -0.316. The minimum Gasteiger partial charge on any atom is -0.479 e. The molecule has 0 aliphatic carbocycles. The van der Waals surface area contributed by atoms with Gasteiger partial charge < -0.3 is 14.9 Å². The Balaban J connectivity index is 1.99. The van der Waals surface area contributed by atoms with Gasteiger partial charge in [-0.25, -0.2) is 14.5 Å². The van der Waals surface area contributed by atoms with Gasteiger partial charge in [0.25, 0.3) is 0 Å². The standard InChI is InChI=1S/C17H14ClN3O4/c18-12-5-7-13(8-6-12)25-15-4-2-1-3-14(15)17(24,16(22)23)9-21-11-19-10-20-21/h1-8,10-11,24H,9H2,(H,22,23). The summed E-state index contributed by atoms with van der Waals surface area (Å²) in [7, 11) is 0. The number of aliphatic carboxylic acids is 1. The number of hydrogen-bond acceptors (Lipinski definition) is 5. The summed E-state index contributed by atoms with van der Waals surface area (Å²) < 4.78 is 7.00. The molecule has 0 aliphatic rings. The molecule has 0 saturated carbocycles. The van der Waals surface area contributed by atoms with Gasteiger partial charge in [-0.05, 0) is 30.3 Å². The molecule has 0 bridgehead atoms. The van der Waals surface area contributed by atoms with Gasteiger partial charge in [-0.15, -0.1) is 0 Å². The van der Waals surface area contributed by atoms with E-state index >= 15 is 0 Å². The van der Waals surface area contributed by atoms with Gasteiger partial charge in [-0.2, -0.15) is 5.10 Å². The van der Waals surface area contributed by atoms with Crippen LogP contribution in [-0.4, -0.2) is 30.9 Å². The summed E-state index contributed by atoms with van der Waals surface area (Å²) in [6.07, 6.45) is 2.59. The molecule has 0 radical (unpaired) electrons. The van der Waals surface area contributed by atoms with Crippen LogP contribution in [-0.2, 0) is 16.9 Å². The molecular formula is C17H14ClN3O4. The fraction of sp³-hybridized carbons (Fsp3) is 0.118. The van der Waals surface area contributed by atoms with Crippen molar-refractivity contribution in [2.45, 2.75) is 12.1 Å². The van der Waals surface area contributed by atoms with Crippen molar-refractivity contribution in [1.29, 1.82) is 0 Å². The first-order valence-electron chi connectivity index (χ1n) is 7.30. The summed E-state index contributed by atoms with van der Waals surface area (Å²) in [5.41, 5.74) is -2.13. The van der Waals surface area contributed by atoms with Crippen molar-refractivity contribution in [3.63, 3.8) is 0 Å².